The van der Waals surface area contributed by atoms with E-state index in [0.29, 0.717) is 6.54 Å². The number of hydrogen-bond donors (Lipinski definition) is 2. The van der Waals surface area contributed by atoms with Crippen LogP contribution in [0.1, 0.15) is 42.5 Å². The van der Waals surface area contributed by atoms with Crippen molar-refractivity contribution in [1.82, 2.24) is 5.32 Å². The first-order chi connectivity index (χ1) is 9.76. The molecule has 1 heterocycles. The Hall–Kier alpha value is -1.58. The molecule has 0 spiro atoms. The molecule has 1 aromatic heterocycles. The van der Waals surface area contributed by atoms with Crippen LogP contribution in [0.4, 0.5) is 0 Å². The molecule has 3 nitrogen and oxygen atoms in total. The SMILES string of the molecule is CCc1ccc(C(CO)NCc2ccc(CC)o2)cc1. The molecule has 108 valence electrons. The van der Waals surface area contributed by atoms with Crippen molar-refractivity contribution in [3.63, 3.8) is 0 Å². The molecule has 3 heteroatoms. The number of nitrogens with one attached hydrogen (secondary N) is 1. The van der Waals surface area contributed by atoms with Gasteiger partial charge < -0.3 is 14.8 Å². The van der Waals surface area contributed by atoms with Crippen molar-refractivity contribution in [3.8, 4) is 0 Å². The average Bonchev–Trinajstić information content (AvgIpc) is 2.96. The summed E-state index contributed by atoms with van der Waals surface area (Å²) in [6.07, 6.45) is 1.94. The smallest absolute Gasteiger partial charge is 0.117 e. The minimum absolute atomic E-state index is 0.0592. The molecule has 0 fully saturated rings. The van der Waals surface area contributed by atoms with Crippen molar-refractivity contribution in [2.45, 2.75) is 39.3 Å². The zero-order valence-corrected chi connectivity index (χ0v) is 12.2. The molecule has 0 aliphatic rings. The molecule has 0 bridgehead atoms. The summed E-state index contributed by atoms with van der Waals surface area (Å²) in [6, 6.07) is 12.3. The van der Waals surface area contributed by atoms with Gasteiger partial charge in [-0.25, -0.2) is 0 Å². The monoisotopic (exact) mass is 273 g/mol. The van der Waals surface area contributed by atoms with Gasteiger partial charge in [-0.05, 0) is 29.7 Å². The van der Waals surface area contributed by atoms with Gasteiger partial charge >= 0.3 is 0 Å². The van der Waals surface area contributed by atoms with Crippen molar-refractivity contribution < 1.29 is 9.52 Å². The van der Waals surface area contributed by atoms with Crippen LogP contribution in [0.15, 0.2) is 40.8 Å². The fourth-order valence-electron chi connectivity index (χ4n) is 2.20. The number of benzene rings is 1. The molecule has 1 atom stereocenters. The maximum atomic E-state index is 9.54. The second-order valence-corrected chi connectivity index (χ2v) is 4.93. The Kier molecular flexibility index (Phi) is 5.39. The maximum absolute atomic E-state index is 9.54. The zero-order valence-electron chi connectivity index (χ0n) is 12.2. The van der Waals surface area contributed by atoms with E-state index in [9.17, 15) is 5.11 Å². The normalized spacial score (nSPS) is 12.6. The fraction of sp³-hybridized carbons (Fsp3) is 0.412. The summed E-state index contributed by atoms with van der Waals surface area (Å²) in [6.45, 7) is 4.91. The minimum Gasteiger partial charge on any atom is -0.465 e. The van der Waals surface area contributed by atoms with Crippen molar-refractivity contribution in [2.75, 3.05) is 6.61 Å². The molecule has 0 aliphatic heterocycles. The second-order valence-electron chi connectivity index (χ2n) is 4.93. The lowest BCUT2D eigenvalue weighted by Gasteiger charge is -2.16. The average molecular weight is 273 g/mol. The molecule has 2 N–H and O–H groups in total. The van der Waals surface area contributed by atoms with Crippen LogP contribution in [0.2, 0.25) is 0 Å². The van der Waals surface area contributed by atoms with E-state index < -0.39 is 0 Å². The molecular formula is C17H23NO2. The number of aliphatic hydroxyl groups excluding tert-OH is 1. The van der Waals surface area contributed by atoms with Gasteiger partial charge in [0.05, 0.1) is 19.2 Å². The molecule has 0 amide bonds. The molecule has 0 radical (unpaired) electrons. The van der Waals surface area contributed by atoms with E-state index in [2.05, 4.69) is 43.4 Å². The summed E-state index contributed by atoms with van der Waals surface area (Å²) in [4.78, 5) is 0. The second kappa shape index (κ2) is 7.27. The Balaban J connectivity index is 1.97. The van der Waals surface area contributed by atoms with Crippen molar-refractivity contribution in [2.24, 2.45) is 0 Å². The third-order valence-electron chi connectivity index (χ3n) is 3.56. The van der Waals surface area contributed by atoms with Crippen LogP contribution in [-0.2, 0) is 19.4 Å². The Morgan fingerprint density at radius 3 is 2.25 bits per heavy atom. The van der Waals surface area contributed by atoms with E-state index >= 15 is 0 Å². The molecule has 20 heavy (non-hydrogen) atoms. The van der Waals surface area contributed by atoms with Crippen LogP contribution < -0.4 is 5.32 Å². The summed E-state index contributed by atoms with van der Waals surface area (Å²) >= 11 is 0. The number of furan rings is 1. The molecule has 1 unspecified atom stereocenters. The van der Waals surface area contributed by atoms with Gasteiger partial charge in [0.1, 0.15) is 11.5 Å². The number of aliphatic hydroxyl groups is 1. The predicted molar refractivity (Wildman–Crippen MR) is 80.6 cm³/mol. The van der Waals surface area contributed by atoms with Gasteiger partial charge in [-0.3, -0.25) is 0 Å². The van der Waals surface area contributed by atoms with Crippen molar-refractivity contribution in [3.05, 3.63) is 59.0 Å². The largest absolute Gasteiger partial charge is 0.465 e. The molecule has 0 aliphatic carbocycles. The number of hydrogen-bond acceptors (Lipinski definition) is 3. The lowest BCUT2D eigenvalue weighted by molar-refractivity contribution is 0.240. The highest BCUT2D eigenvalue weighted by atomic mass is 16.3. The van der Waals surface area contributed by atoms with Gasteiger partial charge in [-0.15, -0.1) is 0 Å². The molecule has 1 aromatic carbocycles. The van der Waals surface area contributed by atoms with E-state index in [-0.39, 0.29) is 12.6 Å². The van der Waals surface area contributed by atoms with Gasteiger partial charge in [0.25, 0.3) is 0 Å². The van der Waals surface area contributed by atoms with E-state index in [1.807, 2.05) is 12.1 Å². The first kappa shape index (κ1) is 14.8. The van der Waals surface area contributed by atoms with Gasteiger partial charge in [-0.2, -0.15) is 0 Å². The summed E-state index contributed by atoms with van der Waals surface area (Å²) in [5, 5.41) is 12.9. The highest BCUT2D eigenvalue weighted by Gasteiger charge is 2.10. The quantitative estimate of drug-likeness (QED) is 0.814. The molecular weight excluding hydrogens is 250 g/mol. The summed E-state index contributed by atoms with van der Waals surface area (Å²) in [7, 11) is 0. The highest BCUT2D eigenvalue weighted by molar-refractivity contribution is 5.25. The molecule has 2 aromatic rings. The number of aryl methyl sites for hydroxylation is 2. The van der Waals surface area contributed by atoms with Crippen molar-refractivity contribution in [1.29, 1.82) is 0 Å². The Morgan fingerprint density at radius 2 is 1.70 bits per heavy atom. The van der Waals surface area contributed by atoms with Gasteiger partial charge in [-0.1, -0.05) is 38.1 Å². The van der Waals surface area contributed by atoms with E-state index in [1.165, 1.54) is 5.56 Å². The van der Waals surface area contributed by atoms with E-state index in [0.717, 1.165) is 29.9 Å². The zero-order chi connectivity index (χ0) is 14.4. The Morgan fingerprint density at radius 1 is 1.00 bits per heavy atom. The minimum atomic E-state index is -0.0592. The number of rotatable bonds is 7. The lowest BCUT2D eigenvalue weighted by atomic mass is 10.0. The van der Waals surface area contributed by atoms with Crippen LogP contribution >= 0.6 is 0 Å². The van der Waals surface area contributed by atoms with Crippen LogP contribution in [0.3, 0.4) is 0 Å². The third-order valence-corrected chi connectivity index (χ3v) is 3.56. The maximum Gasteiger partial charge on any atom is 0.117 e. The first-order valence-electron chi connectivity index (χ1n) is 7.27. The standard InChI is InChI=1S/C17H23NO2/c1-3-13-5-7-14(8-6-13)17(12-19)18-11-16-10-9-15(4-2)20-16/h5-10,17-19H,3-4,11-12H2,1-2H3. The van der Waals surface area contributed by atoms with E-state index in [4.69, 9.17) is 4.42 Å². The molecule has 0 saturated carbocycles. The van der Waals surface area contributed by atoms with Crippen LogP contribution in [0, 0.1) is 0 Å². The first-order valence-corrected chi connectivity index (χ1v) is 7.27. The van der Waals surface area contributed by atoms with Crippen LogP contribution in [0.25, 0.3) is 0 Å². The van der Waals surface area contributed by atoms with Crippen LogP contribution in [-0.4, -0.2) is 11.7 Å². The van der Waals surface area contributed by atoms with Gasteiger partial charge in [0.2, 0.25) is 0 Å². The third kappa shape index (κ3) is 3.71. The Labute approximate surface area is 120 Å². The fourth-order valence-corrected chi connectivity index (χ4v) is 2.20. The van der Waals surface area contributed by atoms with E-state index in [1.54, 1.807) is 0 Å². The predicted octanol–water partition coefficient (Wildman–Crippen LogP) is 3.23. The summed E-state index contributed by atoms with van der Waals surface area (Å²) in [5.74, 6) is 1.90. The van der Waals surface area contributed by atoms with Gasteiger partial charge in [0, 0.05) is 6.42 Å². The van der Waals surface area contributed by atoms with Crippen LogP contribution in [0.5, 0.6) is 0 Å². The Bertz CT molecular complexity index is 516. The topological polar surface area (TPSA) is 45.4 Å². The highest BCUT2D eigenvalue weighted by Crippen LogP contribution is 2.16. The van der Waals surface area contributed by atoms with Gasteiger partial charge in [0.15, 0.2) is 0 Å². The lowest BCUT2D eigenvalue weighted by Crippen LogP contribution is -2.23. The van der Waals surface area contributed by atoms with Crippen molar-refractivity contribution >= 4 is 0 Å². The molecule has 2 rings (SSSR count). The summed E-state index contributed by atoms with van der Waals surface area (Å²) in [5.41, 5.74) is 2.41. The molecule has 0 saturated heterocycles. The summed E-state index contributed by atoms with van der Waals surface area (Å²) < 4.78 is 5.66.